The second-order valence-electron chi connectivity index (χ2n) is 5.51. The van der Waals surface area contributed by atoms with Gasteiger partial charge in [-0.05, 0) is 66.8 Å². The fraction of sp³-hybridized carbons (Fsp3) is 0.647. The van der Waals surface area contributed by atoms with Crippen LogP contribution in [0.2, 0.25) is 0 Å². The van der Waals surface area contributed by atoms with Crippen molar-refractivity contribution in [1.82, 2.24) is 6.15 Å². The maximum absolute atomic E-state index is 12.0. The zero-order chi connectivity index (χ0) is 16.2. The Hall–Kier alpha value is -0.910. The van der Waals surface area contributed by atoms with Crippen LogP contribution in [0.25, 0.3) is 0 Å². The lowest BCUT2D eigenvalue weighted by atomic mass is 9.86. The summed E-state index contributed by atoms with van der Waals surface area (Å²) >= 11 is 0. The maximum Gasteiger partial charge on any atom is 0.295 e. The monoisotopic (exact) mass is 329 g/mol. The molecule has 4 N–H and O–H groups in total. The third-order valence-corrected chi connectivity index (χ3v) is 5.29. The molecule has 0 saturated carbocycles. The van der Waals surface area contributed by atoms with Gasteiger partial charge in [0.15, 0.2) is 0 Å². The summed E-state index contributed by atoms with van der Waals surface area (Å²) in [7, 11) is -4.19. The summed E-state index contributed by atoms with van der Waals surface area (Å²) in [5, 5.41) is 0. The fourth-order valence-corrected chi connectivity index (χ4v) is 4.48. The van der Waals surface area contributed by atoms with Gasteiger partial charge in [-0.2, -0.15) is 8.42 Å². The number of unbranched alkanes of at least 4 members (excludes halogenated alkanes) is 1. The normalized spacial score (nSPS) is 11.4. The first kappa shape index (κ1) is 21.1. The molecule has 1 rings (SSSR count). The van der Waals surface area contributed by atoms with Gasteiger partial charge < -0.3 is 6.15 Å². The minimum atomic E-state index is -4.19. The van der Waals surface area contributed by atoms with Gasteiger partial charge in [0.1, 0.15) is 4.90 Å². The van der Waals surface area contributed by atoms with E-state index in [1.807, 2.05) is 20.8 Å². The van der Waals surface area contributed by atoms with Gasteiger partial charge >= 0.3 is 0 Å². The molecule has 0 radical (unpaired) electrons. The van der Waals surface area contributed by atoms with Crippen LogP contribution in [0.4, 0.5) is 0 Å². The molecule has 5 heteroatoms. The predicted octanol–water partition coefficient (Wildman–Crippen LogP) is 4.43. The first-order valence-electron chi connectivity index (χ1n) is 7.96. The van der Waals surface area contributed by atoms with Crippen LogP contribution in [0.15, 0.2) is 4.90 Å². The zero-order valence-electron chi connectivity index (χ0n) is 14.6. The Labute approximate surface area is 135 Å². The van der Waals surface area contributed by atoms with E-state index in [1.54, 1.807) is 0 Å². The molecule has 1 aromatic carbocycles. The summed E-state index contributed by atoms with van der Waals surface area (Å²) in [4.78, 5) is 0.182. The first-order valence-corrected chi connectivity index (χ1v) is 9.40. The molecule has 0 spiro atoms. The quantitative estimate of drug-likeness (QED) is 0.724. The first-order chi connectivity index (χ1) is 9.83. The highest BCUT2D eigenvalue weighted by Gasteiger charge is 2.25. The second-order valence-corrected chi connectivity index (χ2v) is 6.87. The maximum atomic E-state index is 12.0. The molecule has 1 aromatic rings. The minimum Gasteiger partial charge on any atom is -0.344 e. The summed E-state index contributed by atoms with van der Waals surface area (Å²) in [6.45, 7) is 10.2. The van der Waals surface area contributed by atoms with E-state index in [9.17, 15) is 13.0 Å². The molecule has 0 atom stereocenters. The lowest BCUT2D eigenvalue weighted by Gasteiger charge is -2.22. The van der Waals surface area contributed by atoms with E-state index < -0.39 is 10.1 Å². The van der Waals surface area contributed by atoms with Gasteiger partial charge in [-0.1, -0.05) is 34.1 Å². The lowest BCUT2D eigenvalue weighted by molar-refractivity contribution is 0.480. The van der Waals surface area contributed by atoms with E-state index in [1.165, 1.54) is 5.56 Å². The SMILES string of the molecule is CCCCc1c(C)c(CC)c(CC)c(S(=O)(=O)O)c1CC.N. The van der Waals surface area contributed by atoms with Crippen LogP contribution in [0.3, 0.4) is 0 Å². The van der Waals surface area contributed by atoms with Crippen LogP contribution < -0.4 is 6.15 Å². The van der Waals surface area contributed by atoms with Crippen LogP contribution >= 0.6 is 0 Å². The second kappa shape index (κ2) is 8.65. The van der Waals surface area contributed by atoms with Gasteiger partial charge in [-0.3, -0.25) is 4.55 Å². The summed E-state index contributed by atoms with van der Waals surface area (Å²) < 4.78 is 33.7. The van der Waals surface area contributed by atoms with Crippen LogP contribution in [0, 0.1) is 6.92 Å². The van der Waals surface area contributed by atoms with Crippen molar-refractivity contribution in [3.05, 3.63) is 27.8 Å². The number of hydrogen-bond acceptors (Lipinski definition) is 3. The van der Waals surface area contributed by atoms with Crippen molar-refractivity contribution in [2.45, 2.75) is 78.0 Å². The van der Waals surface area contributed by atoms with E-state index in [0.717, 1.165) is 47.9 Å². The van der Waals surface area contributed by atoms with Crippen LogP contribution in [0.5, 0.6) is 0 Å². The Balaban J connectivity index is 0.00000441. The Bertz CT molecular complexity index is 607. The van der Waals surface area contributed by atoms with Crippen molar-refractivity contribution < 1.29 is 13.0 Å². The molecule has 0 aliphatic heterocycles. The molecular formula is C17H31NO3S. The highest BCUT2D eigenvalue weighted by Crippen LogP contribution is 2.33. The van der Waals surface area contributed by atoms with Crippen LogP contribution in [0.1, 0.15) is 68.4 Å². The van der Waals surface area contributed by atoms with E-state index in [2.05, 4.69) is 13.8 Å². The van der Waals surface area contributed by atoms with Gasteiger partial charge in [0, 0.05) is 0 Å². The Morgan fingerprint density at radius 1 is 0.864 bits per heavy atom. The largest absolute Gasteiger partial charge is 0.344 e. The Morgan fingerprint density at radius 2 is 1.32 bits per heavy atom. The number of benzene rings is 1. The molecule has 22 heavy (non-hydrogen) atoms. The lowest BCUT2D eigenvalue weighted by Crippen LogP contribution is -2.15. The van der Waals surface area contributed by atoms with Crippen molar-refractivity contribution in [1.29, 1.82) is 0 Å². The van der Waals surface area contributed by atoms with Gasteiger partial charge in [0.2, 0.25) is 0 Å². The third-order valence-electron chi connectivity index (χ3n) is 4.28. The molecule has 0 saturated heterocycles. The Morgan fingerprint density at radius 3 is 1.68 bits per heavy atom. The Kier molecular flexibility index (Phi) is 8.29. The van der Waals surface area contributed by atoms with Crippen LogP contribution in [-0.2, 0) is 35.8 Å². The van der Waals surface area contributed by atoms with Gasteiger partial charge in [0.25, 0.3) is 10.1 Å². The molecule has 0 aromatic heterocycles. The van der Waals surface area contributed by atoms with Gasteiger partial charge in [-0.25, -0.2) is 0 Å². The van der Waals surface area contributed by atoms with E-state index in [4.69, 9.17) is 0 Å². The molecule has 4 nitrogen and oxygen atoms in total. The summed E-state index contributed by atoms with van der Waals surface area (Å²) in [5.74, 6) is 0. The average Bonchev–Trinajstić information content (AvgIpc) is 2.43. The molecule has 0 unspecified atom stereocenters. The standard InChI is InChI=1S/C17H28O3S.H3N/c1-6-10-11-16-12(5)13(7-2)14(8-3)17(15(16)9-4)21(18,19)20;/h6-11H2,1-5H3,(H,18,19,20);1H3. The predicted molar refractivity (Wildman–Crippen MR) is 92.8 cm³/mol. The molecular weight excluding hydrogens is 298 g/mol. The molecule has 128 valence electrons. The van der Waals surface area contributed by atoms with Crippen molar-refractivity contribution in [2.75, 3.05) is 0 Å². The van der Waals surface area contributed by atoms with Gasteiger partial charge in [0.05, 0.1) is 0 Å². The molecule has 0 amide bonds. The van der Waals surface area contributed by atoms with Crippen molar-refractivity contribution in [3.8, 4) is 0 Å². The van der Waals surface area contributed by atoms with E-state index in [-0.39, 0.29) is 11.0 Å². The minimum absolute atomic E-state index is 0. The summed E-state index contributed by atoms with van der Waals surface area (Å²) in [6.07, 6.45) is 5.03. The van der Waals surface area contributed by atoms with Crippen molar-refractivity contribution >= 4 is 10.1 Å². The third kappa shape index (κ3) is 4.09. The van der Waals surface area contributed by atoms with Crippen molar-refractivity contribution in [3.63, 3.8) is 0 Å². The highest BCUT2D eigenvalue weighted by molar-refractivity contribution is 7.86. The molecule has 0 aliphatic rings. The topological polar surface area (TPSA) is 89.4 Å². The highest BCUT2D eigenvalue weighted by atomic mass is 32.2. The molecule has 0 heterocycles. The summed E-state index contributed by atoms with van der Waals surface area (Å²) in [6, 6.07) is 0. The molecule has 0 aliphatic carbocycles. The van der Waals surface area contributed by atoms with E-state index >= 15 is 0 Å². The number of hydrogen-bond donors (Lipinski definition) is 2. The summed E-state index contributed by atoms with van der Waals surface area (Å²) in [5.41, 5.74) is 5.05. The smallest absolute Gasteiger partial charge is 0.295 e. The van der Waals surface area contributed by atoms with Gasteiger partial charge in [-0.15, -0.1) is 0 Å². The zero-order valence-corrected chi connectivity index (χ0v) is 15.4. The molecule has 0 bridgehead atoms. The van der Waals surface area contributed by atoms with E-state index in [0.29, 0.717) is 12.8 Å². The average molecular weight is 330 g/mol. The van der Waals surface area contributed by atoms with Crippen LogP contribution in [-0.4, -0.2) is 13.0 Å². The fourth-order valence-electron chi connectivity index (χ4n) is 3.32. The van der Waals surface area contributed by atoms with Crippen molar-refractivity contribution in [2.24, 2.45) is 0 Å². The molecule has 0 fully saturated rings. The number of rotatable bonds is 7.